The molecule has 1 fully saturated rings. The third-order valence-corrected chi connectivity index (χ3v) is 5.17. The summed E-state index contributed by atoms with van der Waals surface area (Å²) in [5.74, 6) is 1.33. The summed E-state index contributed by atoms with van der Waals surface area (Å²) in [4.78, 5) is 23.0. The first kappa shape index (κ1) is 18.5. The van der Waals surface area contributed by atoms with Crippen LogP contribution >= 0.6 is 0 Å². The van der Waals surface area contributed by atoms with E-state index in [0.29, 0.717) is 23.1 Å². The Morgan fingerprint density at radius 2 is 1.87 bits per heavy atom. The Kier molecular flexibility index (Phi) is 4.34. The van der Waals surface area contributed by atoms with Crippen molar-refractivity contribution in [2.45, 2.75) is 18.5 Å². The number of fused-ring (bicyclic) bond motifs is 1. The molecule has 30 heavy (non-hydrogen) atoms. The lowest BCUT2D eigenvalue weighted by Gasteiger charge is -2.17. The smallest absolute Gasteiger partial charge is 0.356 e. The van der Waals surface area contributed by atoms with Crippen molar-refractivity contribution in [3.63, 3.8) is 0 Å². The van der Waals surface area contributed by atoms with Gasteiger partial charge in [-0.15, -0.1) is 0 Å². The summed E-state index contributed by atoms with van der Waals surface area (Å²) in [6.45, 7) is 1.58. The fourth-order valence-electron chi connectivity index (χ4n) is 3.68. The van der Waals surface area contributed by atoms with Gasteiger partial charge in [0.1, 0.15) is 11.5 Å². The molecule has 1 saturated heterocycles. The predicted octanol–water partition coefficient (Wildman–Crippen LogP) is 3.59. The van der Waals surface area contributed by atoms with Crippen LogP contribution in [0.4, 0.5) is 19.0 Å². The SMILES string of the molecule is FC(F)(F)c1cn2c(-c3nccc(N4CCC(c5ccccn5)C4)n3)cnc2cn1. The highest BCUT2D eigenvalue weighted by Gasteiger charge is 2.33. The largest absolute Gasteiger partial charge is 0.434 e. The number of rotatable bonds is 3. The van der Waals surface area contributed by atoms with Crippen molar-refractivity contribution in [1.82, 2.24) is 29.3 Å². The van der Waals surface area contributed by atoms with Gasteiger partial charge in [-0.2, -0.15) is 13.2 Å². The highest BCUT2D eigenvalue weighted by molar-refractivity contribution is 5.58. The Morgan fingerprint density at radius 3 is 2.67 bits per heavy atom. The van der Waals surface area contributed by atoms with Crippen LogP contribution in [0.3, 0.4) is 0 Å². The summed E-state index contributed by atoms with van der Waals surface area (Å²) in [6.07, 6.45) is 3.26. The van der Waals surface area contributed by atoms with E-state index in [0.717, 1.165) is 43.4 Å². The lowest BCUT2D eigenvalue weighted by atomic mass is 10.0. The van der Waals surface area contributed by atoms with E-state index < -0.39 is 11.9 Å². The molecule has 5 rings (SSSR count). The summed E-state index contributed by atoms with van der Waals surface area (Å²) in [5, 5.41) is 0. The van der Waals surface area contributed by atoms with Crippen molar-refractivity contribution < 1.29 is 13.2 Å². The number of aromatic nitrogens is 6. The van der Waals surface area contributed by atoms with Gasteiger partial charge in [0.2, 0.25) is 0 Å². The van der Waals surface area contributed by atoms with Gasteiger partial charge >= 0.3 is 6.18 Å². The number of pyridine rings is 1. The van der Waals surface area contributed by atoms with Crippen molar-refractivity contribution in [2.75, 3.05) is 18.0 Å². The first-order valence-corrected chi connectivity index (χ1v) is 9.38. The maximum absolute atomic E-state index is 13.1. The van der Waals surface area contributed by atoms with Crippen LogP contribution in [-0.4, -0.2) is 42.4 Å². The average Bonchev–Trinajstić information content (AvgIpc) is 3.41. The normalized spacial score (nSPS) is 17.0. The number of nitrogens with zero attached hydrogens (tertiary/aromatic N) is 7. The molecule has 7 nitrogen and oxygen atoms in total. The highest BCUT2D eigenvalue weighted by Crippen LogP contribution is 2.31. The topological polar surface area (TPSA) is 72.1 Å². The standard InChI is InChI=1S/C20H16F3N7/c21-20(22,23)16-12-30-15(9-27-18(30)10-26-16)19-25-7-4-17(28-19)29-8-5-13(11-29)14-3-1-2-6-24-14/h1-4,6-7,9-10,12-13H,5,8,11H2. The van der Waals surface area contributed by atoms with Crippen LogP contribution in [0.5, 0.6) is 0 Å². The average molecular weight is 411 g/mol. The van der Waals surface area contributed by atoms with Gasteiger partial charge in [0, 0.05) is 43.3 Å². The summed E-state index contributed by atoms with van der Waals surface area (Å²) in [7, 11) is 0. The minimum absolute atomic E-state index is 0.295. The molecule has 0 bridgehead atoms. The van der Waals surface area contributed by atoms with Gasteiger partial charge in [-0.05, 0) is 24.6 Å². The van der Waals surface area contributed by atoms with Gasteiger partial charge < -0.3 is 4.90 Å². The van der Waals surface area contributed by atoms with E-state index in [1.165, 1.54) is 10.6 Å². The van der Waals surface area contributed by atoms with Crippen molar-refractivity contribution in [3.05, 3.63) is 66.6 Å². The Hall–Kier alpha value is -3.56. The monoisotopic (exact) mass is 411 g/mol. The second-order valence-corrected chi connectivity index (χ2v) is 7.07. The van der Waals surface area contributed by atoms with Gasteiger partial charge in [-0.1, -0.05) is 6.07 Å². The molecule has 0 aromatic carbocycles. The minimum atomic E-state index is -4.55. The number of hydrogen-bond acceptors (Lipinski definition) is 6. The molecule has 10 heteroatoms. The van der Waals surface area contributed by atoms with Crippen LogP contribution in [0.1, 0.15) is 23.7 Å². The van der Waals surface area contributed by atoms with Crippen LogP contribution in [0.2, 0.25) is 0 Å². The van der Waals surface area contributed by atoms with E-state index in [4.69, 9.17) is 0 Å². The fourth-order valence-corrected chi connectivity index (χ4v) is 3.68. The molecule has 152 valence electrons. The van der Waals surface area contributed by atoms with Gasteiger partial charge in [-0.25, -0.2) is 19.9 Å². The highest BCUT2D eigenvalue weighted by atomic mass is 19.4. The molecule has 1 aliphatic rings. The number of anilines is 1. The molecule has 0 amide bonds. The van der Waals surface area contributed by atoms with Crippen molar-refractivity contribution in [1.29, 1.82) is 0 Å². The maximum Gasteiger partial charge on any atom is 0.434 e. The van der Waals surface area contributed by atoms with E-state index in [1.807, 2.05) is 18.2 Å². The van der Waals surface area contributed by atoms with E-state index in [-0.39, 0.29) is 0 Å². The van der Waals surface area contributed by atoms with Gasteiger partial charge in [0.05, 0.1) is 12.4 Å². The summed E-state index contributed by atoms with van der Waals surface area (Å²) in [6, 6.07) is 7.69. The number of alkyl halides is 3. The third kappa shape index (κ3) is 3.34. The Bertz CT molecular complexity index is 1190. The first-order valence-electron chi connectivity index (χ1n) is 9.38. The molecule has 0 aliphatic carbocycles. The van der Waals surface area contributed by atoms with Crippen molar-refractivity contribution in [3.8, 4) is 11.5 Å². The molecule has 1 atom stereocenters. The van der Waals surface area contributed by atoms with E-state index in [2.05, 4.69) is 29.8 Å². The third-order valence-electron chi connectivity index (χ3n) is 5.17. The van der Waals surface area contributed by atoms with Crippen LogP contribution in [0.25, 0.3) is 17.2 Å². The Labute approximate surface area is 169 Å². The first-order chi connectivity index (χ1) is 14.5. The molecule has 4 aromatic heterocycles. The molecule has 0 spiro atoms. The lowest BCUT2D eigenvalue weighted by molar-refractivity contribution is -0.141. The number of hydrogen-bond donors (Lipinski definition) is 0. The summed E-state index contributed by atoms with van der Waals surface area (Å²) in [5.41, 5.74) is 0.718. The van der Waals surface area contributed by atoms with E-state index in [9.17, 15) is 13.2 Å². The lowest BCUT2D eigenvalue weighted by Crippen LogP contribution is -2.21. The van der Waals surface area contributed by atoms with Crippen LogP contribution < -0.4 is 4.90 Å². The van der Waals surface area contributed by atoms with Crippen molar-refractivity contribution >= 4 is 11.5 Å². The zero-order valence-corrected chi connectivity index (χ0v) is 15.7. The number of imidazole rings is 1. The van der Waals surface area contributed by atoms with Crippen LogP contribution in [0.15, 0.2) is 55.2 Å². The fraction of sp³-hybridized carbons (Fsp3) is 0.250. The summed E-state index contributed by atoms with van der Waals surface area (Å²) >= 11 is 0. The van der Waals surface area contributed by atoms with Crippen LogP contribution in [0, 0.1) is 0 Å². The second-order valence-electron chi connectivity index (χ2n) is 7.07. The zero-order valence-electron chi connectivity index (χ0n) is 15.7. The summed E-state index contributed by atoms with van der Waals surface area (Å²) < 4.78 is 40.5. The molecule has 4 aromatic rings. The predicted molar refractivity (Wildman–Crippen MR) is 103 cm³/mol. The zero-order chi connectivity index (χ0) is 20.7. The quantitative estimate of drug-likeness (QED) is 0.513. The maximum atomic E-state index is 13.1. The Balaban J connectivity index is 1.46. The molecular weight excluding hydrogens is 395 g/mol. The van der Waals surface area contributed by atoms with Gasteiger partial charge in [0.15, 0.2) is 17.2 Å². The number of halogens is 3. The molecule has 0 saturated carbocycles. The molecule has 0 radical (unpaired) electrons. The van der Waals surface area contributed by atoms with E-state index in [1.54, 1.807) is 18.5 Å². The molecule has 0 N–H and O–H groups in total. The Morgan fingerprint density at radius 1 is 0.967 bits per heavy atom. The van der Waals surface area contributed by atoms with Crippen molar-refractivity contribution in [2.24, 2.45) is 0 Å². The van der Waals surface area contributed by atoms with Gasteiger partial charge in [-0.3, -0.25) is 9.38 Å². The second kappa shape index (κ2) is 7.05. The minimum Gasteiger partial charge on any atom is -0.356 e. The molecule has 1 unspecified atom stereocenters. The van der Waals surface area contributed by atoms with Gasteiger partial charge in [0.25, 0.3) is 0 Å². The molecule has 5 heterocycles. The molecular formula is C20H16F3N7. The molecule has 1 aliphatic heterocycles. The van der Waals surface area contributed by atoms with Crippen LogP contribution in [-0.2, 0) is 6.18 Å². The van der Waals surface area contributed by atoms with E-state index >= 15 is 0 Å².